The zero-order valence-electron chi connectivity index (χ0n) is 15.4. The first-order chi connectivity index (χ1) is 13.8. The van der Waals surface area contributed by atoms with Gasteiger partial charge in [0.1, 0.15) is 11.6 Å². The predicted octanol–water partition coefficient (Wildman–Crippen LogP) is 3.38. The lowest BCUT2D eigenvalue weighted by molar-refractivity contribution is -0.136. The van der Waals surface area contributed by atoms with E-state index in [2.05, 4.69) is 5.32 Å². The molecule has 1 aliphatic rings. The normalized spacial score (nSPS) is 16.5. The average molecular weight is 402 g/mol. The van der Waals surface area contributed by atoms with Gasteiger partial charge in [0.05, 0.1) is 35.5 Å². The fourth-order valence-corrected chi connectivity index (χ4v) is 3.18. The number of rotatable bonds is 4. The van der Waals surface area contributed by atoms with Crippen molar-refractivity contribution in [2.45, 2.75) is 13.0 Å². The van der Waals surface area contributed by atoms with Crippen molar-refractivity contribution in [3.05, 3.63) is 76.5 Å². The number of amides is 2. The molecule has 3 rings (SSSR count). The highest BCUT2D eigenvalue weighted by Gasteiger charge is 2.39. The summed E-state index contributed by atoms with van der Waals surface area (Å²) < 4.78 is 33.4. The Hall–Kier alpha value is -3.75. The number of methoxy groups -OCH3 is 1. The number of halogens is 2. The van der Waals surface area contributed by atoms with Crippen molar-refractivity contribution in [2.75, 3.05) is 12.0 Å². The Morgan fingerprint density at radius 1 is 1.10 bits per heavy atom. The maximum atomic E-state index is 14.3. The van der Waals surface area contributed by atoms with Crippen molar-refractivity contribution in [1.82, 2.24) is 5.32 Å². The summed E-state index contributed by atoms with van der Waals surface area (Å²) in [6.45, 7) is 1.43. The van der Waals surface area contributed by atoms with Crippen LogP contribution in [0.2, 0.25) is 0 Å². The van der Waals surface area contributed by atoms with Crippen LogP contribution in [0.5, 0.6) is 0 Å². The van der Waals surface area contributed by atoms with Crippen LogP contribution in [0.3, 0.4) is 0 Å². The summed E-state index contributed by atoms with van der Waals surface area (Å²) in [5.41, 5.74) is -0.276. The first-order valence-electron chi connectivity index (χ1n) is 8.43. The van der Waals surface area contributed by atoms with E-state index < -0.39 is 41.2 Å². The topological polar surface area (TPSA) is 95.9 Å². The maximum absolute atomic E-state index is 14.3. The van der Waals surface area contributed by atoms with Crippen LogP contribution in [0, 0.1) is 11.6 Å². The Balaban J connectivity index is 2.16. The van der Waals surface area contributed by atoms with Gasteiger partial charge in [-0.3, -0.25) is 4.90 Å². The molecule has 1 heterocycles. The zero-order chi connectivity index (χ0) is 21.3. The largest absolute Gasteiger partial charge is 0.478 e. The minimum absolute atomic E-state index is 0.00676. The summed E-state index contributed by atoms with van der Waals surface area (Å²) in [6, 6.07) is 6.41. The number of ether oxygens (including phenoxy) is 1. The Morgan fingerprint density at radius 3 is 2.21 bits per heavy atom. The van der Waals surface area contributed by atoms with E-state index in [0.29, 0.717) is 0 Å². The molecule has 0 aliphatic carbocycles. The molecule has 7 nitrogen and oxygen atoms in total. The molecule has 150 valence electrons. The van der Waals surface area contributed by atoms with E-state index in [1.165, 1.54) is 37.3 Å². The molecule has 0 spiro atoms. The zero-order valence-corrected chi connectivity index (χ0v) is 15.4. The maximum Gasteiger partial charge on any atom is 0.337 e. The molecule has 1 atom stereocenters. The highest BCUT2D eigenvalue weighted by Crippen LogP contribution is 2.36. The van der Waals surface area contributed by atoms with Crippen LogP contribution >= 0.6 is 0 Å². The van der Waals surface area contributed by atoms with Crippen molar-refractivity contribution < 1.29 is 33.0 Å². The summed E-state index contributed by atoms with van der Waals surface area (Å²) in [5, 5.41) is 11.4. The van der Waals surface area contributed by atoms with E-state index in [-0.39, 0.29) is 22.5 Å². The summed E-state index contributed by atoms with van der Waals surface area (Å²) in [4.78, 5) is 37.3. The number of carbonyl (C=O) groups is 3. The second-order valence-electron chi connectivity index (χ2n) is 6.20. The number of hydrogen-bond donors (Lipinski definition) is 2. The van der Waals surface area contributed by atoms with Gasteiger partial charge in [0.25, 0.3) is 0 Å². The molecule has 0 saturated heterocycles. The van der Waals surface area contributed by atoms with Gasteiger partial charge in [-0.05, 0) is 43.3 Å². The molecule has 9 heteroatoms. The standard InChI is InChI=1S/C20H16F2N2O5/c1-10-15(19(27)29-2)17(16-13(21)4-3-5-14(16)22)23-20(28)24(10)12-8-6-11(7-9-12)18(25)26/h3-9,17H,1-2H3,(H,23,28)(H,25,26). The number of anilines is 1. The number of hydrogen-bond acceptors (Lipinski definition) is 4. The van der Waals surface area contributed by atoms with E-state index in [1.54, 1.807) is 0 Å². The number of esters is 1. The second-order valence-corrected chi connectivity index (χ2v) is 6.20. The number of nitrogens with zero attached hydrogens (tertiary/aromatic N) is 1. The van der Waals surface area contributed by atoms with Crippen molar-refractivity contribution >= 4 is 23.7 Å². The molecule has 2 N–H and O–H groups in total. The Bertz CT molecular complexity index is 1010. The molecule has 2 aromatic rings. The van der Waals surface area contributed by atoms with Crippen molar-refractivity contribution in [3.8, 4) is 0 Å². The van der Waals surface area contributed by atoms with Crippen LogP contribution in [0.25, 0.3) is 0 Å². The molecule has 2 amide bonds. The van der Waals surface area contributed by atoms with Gasteiger partial charge in [-0.2, -0.15) is 0 Å². The van der Waals surface area contributed by atoms with Crippen LogP contribution in [0.1, 0.15) is 28.9 Å². The summed E-state index contributed by atoms with van der Waals surface area (Å²) in [6.07, 6.45) is 0. The fourth-order valence-electron chi connectivity index (χ4n) is 3.18. The molecule has 0 bridgehead atoms. The lowest BCUT2D eigenvalue weighted by Gasteiger charge is -2.35. The molecule has 1 aliphatic heterocycles. The number of carboxylic acids is 1. The molecule has 0 saturated carbocycles. The van der Waals surface area contributed by atoms with Gasteiger partial charge in [0.15, 0.2) is 0 Å². The van der Waals surface area contributed by atoms with Gasteiger partial charge in [-0.1, -0.05) is 6.07 Å². The molecular formula is C20H16F2N2O5. The summed E-state index contributed by atoms with van der Waals surface area (Å²) in [7, 11) is 1.11. The van der Waals surface area contributed by atoms with Crippen LogP contribution in [0.15, 0.2) is 53.7 Å². The minimum atomic E-state index is -1.40. The first kappa shape index (κ1) is 20.0. The van der Waals surface area contributed by atoms with Gasteiger partial charge in [-0.25, -0.2) is 23.2 Å². The number of carboxylic acid groups (broad SMARTS) is 1. The summed E-state index contributed by atoms with van der Waals surface area (Å²) >= 11 is 0. The summed E-state index contributed by atoms with van der Waals surface area (Å²) in [5.74, 6) is -3.87. The van der Waals surface area contributed by atoms with E-state index in [4.69, 9.17) is 9.84 Å². The Morgan fingerprint density at radius 2 is 1.69 bits per heavy atom. The van der Waals surface area contributed by atoms with Crippen LogP contribution in [0.4, 0.5) is 19.3 Å². The van der Waals surface area contributed by atoms with E-state index in [0.717, 1.165) is 24.1 Å². The first-order valence-corrected chi connectivity index (χ1v) is 8.43. The van der Waals surface area contributed by atoms with E-state index in [1.807, 2.05) is 0 Å². The third kappa shape index (κ3) is 3.54. The van der Waals surface area contributed by atoms with Gasteiger partial charge < -0.3 is 15.2 Å². The Kier molecular flexibility index (Phi) is 5.31. The molecule has 2 aromatic carbocycles. The van der Waals surface area contributed by atoms with Gasteiger partial charge >= 0.3 is 18.0 Å². The minimum Gasteiger partial charge on any atom is -0.478 e. The number of carbonyl (C=O) groups excluding carboxylic acids is 2. The van der Waals surface area contributed by atoms with Crippen LogP contribution < -0.4 is 10.2 Å². The average Bonchev–Trinajstić information content (AvgIpc) is 2.67. The highest BCUT2D eigenvalue weighted by atomic mass is 19.1. The van der Waals surface area contributed by atoms with Crippen molar-refractivity contribution in [3.63, 3.8) is 0 Å². The number of urea groups is 1. The van der Waals surface area contributed by atoms with Crippen LogP contribution in [-0.2, 0) is 9.53 Å². The molecule has 0 radical (unpaired) electrons. The monoisotopic (exact) mass is 402 g/mol. The second kappa shape index (κ2) is 7.70. The Labute approximate surface area is 164 Å². The lowest BCUT2D eigenvalue weighted by Crippen LogP contribution is -2.48. The van der Waals surface area contributed by atoms with E-state index in [9.17, 15) is 23.2 Å². The number of benzene rings is 2. The van der Waals surface area contributed by atoms with Gasteiger partial charge in [0, 0.05) is 5.70 Å². The van der Waals surface area contributed by atoms with Crippen molar-refractivity contribution in [1.29, 1.82) is 0 Å². The highest BCUT2D eigenvalue weighted by molar-refractivity contribution is 6.03. The quantitative estimate of drug-likeness (QED) is 0.765. The molecule has 0 fully saturated rings. The van der Waals surface area contributed by atoms with Gasteiger partial charge in [-0.15, -0.1) is 0 Å². The van der Waals surface area contributed by atoms with Crippen molar-refractivity contribution in [2.24, 2.45) is 0 Å². The number of nitrogens with one attached hydrogen (secondary N) is 1. The van der Waals surface area contributed by atoms with Gasteiger partial charge in [0.2, 0.25) is 0 Å². The van der Waals surface area contributed by atoms with E-state index >= 15 is 0 Å². The third-order valence-electron chi connectivity index (χ3n) is 4.55. The third-order valence-corrected chi connectivity index (χ3v) is 4.55. The lowest BCUT2D eigenvalue weighted by atomic mass is 9.93. The fraction of sp³-hybridized carbons (Fsp3) is 0.150. The molecular weight excluding hydrogens is 386 g/mol. The molecule has 29 heavy (non-hydrogen) atoms. The van der Waals surface area contributed by atoms with Crippen LogP contribution in [-0.4, -0.2) is 30.2 Å². The number of aromatic carboxylic acids is 1. The molecule has 1 unspecified atom stereocenters. The molecule has 0 aromatic heterocycles. The predicted molar refractivity (Wildman–Crippen MR) is 98.2 cm³/mol. The SMILES string of the molecule is COC(=O)C1=C(C)N(c2ccc(C(=O)O)cc2)C(=O)NC1c1c(F)cccc1F. The smallest absolute Gasteiger partial charge is 0.337 e. The number of allylic oxidation sites excluding steroid dienone is 1.